The Kier molecular flexibility index (Phi) is 5.79. The maximum absolute atomic E-state index is 12.2. The lowest BCUT2D eigenvalue weighted by atomic mass is 9.81. The van der Waals surface area contributed by atoms with Gasteiger partial charge in [-0.1, -0.05) is 39.8 Å². The molecular weight excluding hydrogens is 318 g/mol. The summed E-state index contributed by atoms with van der Waals surface area (Å²) in [6.07, 6.45) is -0.495. The zero-order valence-electron chi connectivity index (χ0n) is 15.4. The predicted molar refractivity (Wildman–Crippen MR) is 98.2 cm³/mol. The molecule has 2 amide bonds. The first-order chi connectivity index (χ1) is 11.7. The smallest absolute Gasteiger partial charge is 0.319 e. The summed E-state index contributed by atoms with van der Waals surface area (Å²) in [6.45, 7) is 10.00. The lowest BCUT2D eigenvalue weighted by molar-refractivity contribution is 0.0154. The number of aliphatic hydroxyl groups excluding tert-OH is 1. The molecule has 0 spiro atoms. The van der Waals surface area contributed by atoms with Crippen LogP contribution in [0.15, 0.2) is 24.3 Å². The monoisotopic (exact) mass is 345 g/mol. The van der Waals surface area contributed by atoms with Crippen molar-refractivity contribution in [1.29, 1.82) is 0 Å². The van der Waals surface area contributed by atoms with Crippen molar-refractivity contribution >= 4 is 11.7 Å². The second kappa shape index (κ2) is 7.65. The van der Waals surface area contributed by atoms with Gasteiger partial charge in [-0.2, -0.15) is 5.10 Å². The number of hydrogen-bond donors (Lipinski definition) is 4. The van der Waals surface area contributed by atoms with Gasteiger partial charge in [-0.3, -0.25) is 5.10 Å². The SMILES string of the molecule is Cc1nc(-c2cccc(NC(=O)NCC(C)(C)C(O)C(C)C)c2)n[nH]1. The molecule has 2 aromatic rings. The number of hydrogen-bond acceptors (Lipinski definition) is 4. The Balaban J connectivity index is 1.97. The lowest BCUT2D eigenvalue weighted by Gasteiger charge is -2.33. The molecule has 1 unspecified atom stereocenters. The van der Waals surface area contributed by atoms with E-state index in [0.717, 1.165) is 11.4 Å². The molecule has 1 aromatic heterocycles. The van der Waals surface area contributed by atoms with E-state index in [9.17, 15) is 9.90 Å². The number of anilines is 1. The molecule has 0 radical (unpaired) electrons. The van der Waals surface area contributed by atoms with Crippen LogP contribution >= 0.6 is 0 Å². The van der Waals surface area contributed by atoms with E-state index in [0.29, 0.717) is 18.1 Å². The number of rotatable bonds is 6. The van der Waals surface area contributed by atoms with Gasteiger partial charge in [-0.05, 0) is 25.0 Å². The number of carbonyl (C=O) groups is 1. The minimum absolute atomic E-state index is 0.126. The molecule has 1 atom stereocenters. The highest BCUT2D eigenvalue weighted by atomic mass is 16.3. The van der Waals surface area contributed by atoms with Gasteiger partial charge in [-0.15, -0.1) is 0 Å². The predicted octanol–water partition coefficient (Wildman–Crippen LogP) is 2.94. The molecule has 0 aliphatic rings. The van der Waals surface area contributed by atoms with Gasteiger partial charge in [0, 0.05) is 23.2 Å². The zero-order chi connectivity index (χ0) is 18.6. The van der Waals surface area contributed by atoms with E-state index in [1.165, 1.54) is 0 Å². The number of carbonyl (C=O) groups excluding carboxylic acids is 1. The van der Waals surface area contributed by atoms with Crippen molar-refractivity contribution in [2.24, 2.45) is 11.3 Å². The Hall–Kier alpha value is -2.41. The topological polar surface area (TPSA) is 103 Å². The van der Waals surface area contributed by atoms with E-state index in [1.54, 1.807) is 6.07 Å². The number of aromatic amines is 1. The van der Waals surface area contributed by atoms with Gasteiger partial charge in [0.05, 0.1) is 6.10 Å². The third-order valence-electron chi connectivity index (χ3n) is 4.11. The minimum atomic E-state index is -0.495. The zero-order valence-corrected chi connectivity index (χ0v) is 15.4. The Morgan fingerprint density at radius 1 is 1.36 bits per heavy atom. The number of aryl methyl sites for hydroxylation is 1. The highest BCUT2D eigenvalue weighted by Crippen LogP contribution is 2.25. The quantitative estimate of drug-likeness (QED) is 0.646. The fraction of sp³-hybridized carbons (Fsp3) is 0.500. The first-order valence-electron chi connectivity index (χ1n) is 8.41. The molecular formula is C18H27N5O2. The molecule has 0 bridgehead atoms. The van der Waals surface area contributed by atoms with Gasteiger partial charge in [0.1, 0.15) is 5.82 Å². The average Bonchev–Trinajstić information content (AvgIpc) is 2.99. The highest BCUT2D eigenvalue weighted by Gasteiger charge is 2.30. The summed E-state index contributed by atoms with van der Waals surface area (Å²) in [5.74, 6) is 1.45. The van der Waals surface area contributed by atoms with Gasteiger partial charge in [0.2, 0.25) is 0 Å². The standard InChI is InChI=1S/C18H27N5O2/c1-11(2)15(24)18(4,5)10-19-17(25)21-14-8-6-7-13(9-14)16-20-12(3)22-23-16/h6-9,11,15,24H,10H2,1-5H3,(H2,19,21,25)(H,20,22,23). The van der Waals surface area contributed by atoms with Crippen molar-refractivity contribution in [3.05, 3.63) is 30.1 Å². The summed E-state index contributed by atoms with van der Waals surface area (Å²) in [7, 11) is 0. The fourth-order valence-electron chi connectivity index (χ4n) is 2.70. The molecule has 0 saturated carbocycles. The van der Waals surface area contributed by atoms with Crippen molar-refractivity contribution in [3.63, 3.8) is 0 Å². The summed E-state index contributed by atoms with van der Waals surface area (Å²) in [6, 6.07) is 7.02. The number of benzene rings is 1. The number of amides is 2. The molecule has 1 aromatic carbocycles. The highest BCUT2D eigenvalue weighted by molar-refractivity contribution is 5.89. The Morgan fingerprint density at radius 2 is 2.08 bits per heavy atom. The molecule has 25 heavy (non-hydrogen) atoms. The molecule has 0 aliphatic heterocycles. The Labute approximate surface area is 148 Å². The first-order valence-corrected chi connectivity index (χ1v) is 8.41. The number of urea groups is 1. The molecule has 1 heterocycles. The van der Waals surface area contributed by atoms with Crippen LogP contribution < -0.4 is 10.6 Å². The molecule has 136 valence electrons. The van der Waals surface area contributed by atoms with Crippen LogP contribution in [0, 0.1) is 18.3 Å². The fourth-order valence-corrected chi connectivity index (χ4v) is 2.70. The van der Waals surface area contributed by atoms with E-state index in [-0.39, 0.29) is 11.9 Å². The molecule has 7 nitrogen and oxygen atoms in total. The van der Waals surface area contributed by atoms with Crippen molar-refractivity contribution in [3.8, 4) is 11.4 Å². The summed E-state index contributed by atoms with van der Waals surface area (Å²) >= 11 is 0. The van der Waals surface area contributed by atoms with E-state index < -0.39 is 11.5 Å². The number of H-pyrrole nitrogens is 1. The molecule has 0 saturated heterocycles. The minimum Gasteiger partial charge on any atom is -0.392 e. The van der Waals surface area contributed by atoms with Crippen molar-refractivity contribution in [2.45, 2.75) is 40.7 Å². The third kappa shape index (κ3) is 5.03. The maximum atomic E-state index is 12.2. The Bertz CT molecular complexity index is 724. The van der Waals surface area contributed by atoms with E-state index in [1.807, 2.05) is 52.8 Å². The first kappa shape index (κ1) is 18.9. The molecule has 0 aliphatic carbocycles. The van der Waals surface area contributed by atoms with Crippen LogP contribution in [0.4, 0.5) is 10.5 Å². The van der Waals surface area contributed by atoms with Gasteiger partial charge in [0.25, 0.3) is 0 Å². The van der Waals surface area contributed by atoms with Crippen LogP contribution in [-0.4, -0.2) is 39.0 Å². The molecule has 2 rings (SSSR count). The van der Waals surface area contributed by atoms with E-state index in [4.69, 9.17) is 0 Å². The van der Waals surface area contributed by atoms with Crippen LogP contribution in [0.3, 0.4) is 0 Å². The van der Waals surface area contributed by atoms with Crippen LogP contribution in [0.5, 0.6) is 0 Å². The van der Waals surface area contributed by atoms with Crippen LogP contribution in [-0.2, 0) is 0 Å². The number of aliphatic hydroxyl groups is 1. The Morgan fingerprint density at radius 3 is 2.68 bits per heavy atom. The van der Waals surface area contributed by atoms with Crippen LogP contribution in [0.25, 0.3) is 11.4 Å². The summed E-state index contributed by atoms with van der Waals surface area (Å²) in [5, 5.41) is 22.8. The average molecular weight is 345 g/mol. The van der Waals surface area contributed by atoms with Gasteiger partial charge < -0.3 is 15.7 Å². The second-order valence-electron chi connectivity index (χ2n) is 7.31. The van der Waals surface area contributed by atoms with Crippen molar-refractivity contribution in [2.75, 3.05) is 11.9 Å². The van der Waals surface area contributed by atoms with Crippen molar-refractivity contribution in [1.82, 2.24) is 20.5 Å². The number of nitrogens with zero attached hydrogens (tertiary/aromatic N) is 2. The largest absolute Gasteiger partial charge is 0.392 e. The molecule has 4 N–H and O–H groups in total. The normalized spacial score (nSPS) is 12.9. The maximum Gasteiger partial charge on any atom is 0.319 e. The van der Waals surface area contributed by atoms with Crippen molar-refractivity contribution < 1.29 is 9.90 Å². The molecule has 0 fully saturated rings. The third-order valence-corrected chi connectivity index (χ3v) is 4.11. The summed E-state index contributed by atoms with van der Waals surface area (Å²) in [5.41, 5.74) is 1.06. The summed E-state index contributed by atoms with van der Waals surface area (Å²) in [4.78, 5) is 16.4. The summed E-state index contributed by atoms with van der Waals surface area (Å²) < 4.78 is 0. The van der Waals surface area contributed by atoms with Gasteiger partial charge >= 0.3 is 6.03 Å². The van der Waals surface area contributed by atoms with E-state index in [2.05, 4.69) is 25.8 Å². The van der Waals surface area contributed by atoms with E-state index >= 15 is 0 Å². The van der Waals surface area contributed by atoms with Gasteiger partial charge in [0.15, 0.2) is 5.82 Å². The molecule has 7 heteroatoms. The van der Waals surface area contributed by atoms with Crippen LogP contribution in [0.2, 0.25) is 0 Å². The van der Waals surface area contributed by atoms with Crippen LogP contribution in [0.1, 0.15) is 33.5 Å². The van der Waals surface area contributed by atoms with Gasteiger partial charge in [-0.25, -0.2) is 9.78 Å². The lowest BCUT2D eigenvalue weighted by Crippen LogP contribution is -2.44. The number of nitrogens with one attached hydrogen (secondary N) is 3. The second-order valence-corrected chi connectivity index (χ2v) is 7.31. The number of aromatic nitrogens is 3.